The maximum atomic E-state index is 12.6. The van der Waals surface area contributed by atoms with Gasteiger partial charge in [-0.1, -0.05) is 179 Å². The van der Waals surface area contributed by atoms with Crippen LogP contribution in [0.4, 0.5) is 0 Å². The number of ether oxygens (including phenoxy) is 2. The van der Waals surface area contributed by atoms with Crippen LogP contribution in [0.1, 0.15) is 206 Å². The van der Waals surface area contributed by atoms with E-state index < -0.39 is 51.1 Å². The Labute approximate surface area is 340 Å². The van der Waals surface area contributed by atoms with E-state index in [4.69, 9.17) is 24.8 Å². The SMILES string of the molecule is CCCCCC/C=C/C=C/CCCCCCCC(=O)OC[C@H](COP(=O)(O)OC[C@H](N)C(=O)O)OC(=O)CCCCCCCCCCCCCCCCCCC. The Hall–Kier alpha value is -2.04. The highest BCUT2D eigenvalue weighted by Crippen LogP contribution is 2.43. The second-order valence-electron chi connectivity index (χ2n) is 15.2. The maximum absolute atomic E-state index is 12.6. The zero-order valence-corrected chi connectivity index (χ0v) is 36.4. The highest BCUT2D eigenvalue weighted by Gasteiger charge is 2.28. The summed E-state index contributed by atoms with van der Waals surface area (Å²) in [6.45, 7) is 2.79. The van der Waals surface area contributed by atoms with E-state index in [2.05, 4.69) is 42.7 Å². The number of carbonyl (C=O) groups is 3. The molecule has 0 aromatic rings. The third-order valence-electron chi connectivity index (χ3n) is 9.73. The van der Waals surface area contributed by atoms with Crippen molar-refractivity contribution in [1.82, 2.24) is 0 Å². The molecule has 1 unspecified atom stereocenters. The molecule has 0 bridgehead atoms. The van der Waals surface area contributed by atoms with E-state index in [-0.39, 0.29) is 19.4 Å². The van der Waals surface area contributed by atoms with Crippen LogP contribution in [-0.2, 0) is 37.5 Å². The standard InChI is InChI=1S/C44H82NO10P/c1-3-5-7-9-11-13-15-17-19-20-22-24-26-28-30-32-34-36-43(47)55-40(38-53-56(50,51)54-39-41(45)44(48)49)37-52-42(46)35-33-31-29-27-25-23-21-18-16-14-12-10-8-6-4-2/h14,16,18,21,40-41H,3-13,15,17,19-20,22-39,45H2,1-2H3,(H,48,49)(H,50,51)/b16-14+,21-18+/t40-,41+/m1/s1. The minimum absolute atomic E-state index is 0.162. The molecule has 0 radical (unpaired) electrons. The van der Waals surface area contributed by atoms with Crippen molar-refractivity contribution in [3.05, 3.63) is 24.3 Å². The van der Waals surface area contributed by atoms with Gasteiger partial charge >= 0.3 is 25.7 Å². The molecule has 11 nitrogen and oxygen atoms in total. The number of hydrogen-bond acceptors (Lipinski definition) is 9. The summed E-state index contributed by atoms with van der Waals surface area (Å²) in [6, 6.07) is -1.52. The number of carboxylic acid groups (broad SMARTS) is 1. The molecule has 0 aliphatic rings. The fraction of sp³-hybridized carbons (Fsp3) is 0.841. The Morgan fingerprint density at radius 3 is 1.38 bits per heavy atom. The molecule has 0 saturated carbocycles. The topological polar surface area (TPSA) is 172 Å². The Morgan fingerprint density at radius 2 is 0.929 bits per heavy atom. The number of nitrogens with two attached hydrogens (primary N) is 1. The molecule has 328 valence electrons. The fourth-order valence-corrected chi connectivity index (χ4v) is 6.95. The lowest BCUT2D eigenvalue weighted by molar-refractivity contribution is -0.161. The predicted molar refractivity (Wildman–Crippen MR) is 226 cm³/mol. The number of carboxylic acids is 1. The fourth-order valence-electron chi connectivity index (χ4n) is 6.17. The second-order valence-corrected chi connectivity index (χ2v) is 16.7. The number of allylic oxidation sites excluding steroid dienone is 4. The van der Waals surface area contributed by atoms with Gasteiger partial charge in [-0.2, -0.15) is 0 Å². The third kappa shape index (κ3) is 38.8. The van der Waals surface area contributed by atoms with Crippen LogP contribution in [0.15, 0.2) is 24.3 Å². The van der Waals surface area contributed by atoms with Crippen molar-refractivity contribution in [2.45, 2.75) is 219 Å². The number of carbonyl (C=O) groups excluding carboxylic acids is 2. The van der Waals surface area contributed by atoms with Crippen LogP contribution in [0.2, 0.25) is 0 Å². The molecule has 0 aromatic carbocycles. The monoisotopic (exact) mass is 816 g/mol. The van der Waals surface area contributed by atoms with Crippen molar-refractivity contribution in [2.24, 2.45) is 5.73 Å². The molecule has 3 atom stereocenters. The van der Waals surface area contributed by atoms with Crippen LogP contribution in [0.25, 0.3) is 0 Å². The number of hydrogen-bond donors (Lipinski definition) is 3. The lowest BCUT2D eigenvalue weighted by atomic mass is 10.0. The molecule has 56 heavy (non-hydrogen) atoms. The molecule has 0 rings (SSSR count). The van der Waals surface area contributed by atoms with Crippen molar-refractivity contribution in [3.63, 3.8) is 0 Å². The molecule has 0 aliphatic carbocycles. The minimum Gasteiger partial charge on any atom is -0.480 e. The first kappa shape index (κ1) is 54.0. The summed E-state index contributed by atoms with van der Waals surface area (Å²) in [5, 5.41) is 8.89. The van der Waals surface area contributed by atoms with Gasteiger partial charge in [0.05, 0.1) is 13.2 Å². The summed E-state index contributed by atoms with van der Waals surface area (Å²) in [6.07, 6.45) is 40.9. The molecule has 4 N–H and O–H groups in total. The van der Waals surface area contributed by atoms with Crippen LogP contribution < -0.4 is 5.73 Å². The van der Waals surface area contributed by atoms with E-state index in [1.54, 1.807) is 0 Å². The van der Waals surface area contributed by atoms with Gasteiger partial charge in [-0.05, 0) is 38.5 Å². The second kappa shape index (κ2) is 39.8. The number of rotatable bonds is 42. The molecule has 0 aliphatic heterocycles. The quantitative estimate of drug-likeness (QED) is 0.0232. The van der Waals surface area contributed by atoms with E-state index in [1.165, 1.54) is 109 Å². The number of unbranched alkanes of at least 4 members (excludes halogenated alkanes) is 25. The molecule has 0 saturated heterocycles. The van der Waals surface area contributed by atoms with Crippen LogP contribution in [0.5, 0.6) is 0 Å². The van der Waals surface area contributed by atoms with Crippen molar-refractivity contribution in [3.8, 4) is 0 Å². The van der Waals surface area contributed by atoms with Crippen LogP contribution in [0.3, 0.4) is 0 Å². The number of esters is 2. The van der Waals surface area contributed by atoms with E-state index in [1.807, 2.05) is 0 Å². The Morgan fingerprint density at radius 1 is 0.554 bits per heavy atom. The average Bonchev–Trinajstić information content (AvgIpc) is 3.17. The zero-order chi connectivity index (χ0) is 41.4. The van der Waals surface area contributed by atoms with Gasteiger partial charge in [0.25, 0.3) is 0 Å². The summed E-state index contributed by atoms with van der Waals surface area (Å²) in [5.74, 6) is -2.39. The molecule has 0 fully saturated rings. The van der Waals surface area contributed by atoms with Gasteiger partial charge in [0.2, 0.25) is 0 Å². The van der Waals surface area contributed by atoms with Gasteiger partial charge in [-0.15, -0.1) is 0 Å². The highest BCUT2D eigenvalue weighted by atomic mass is 31.2. The minimum atomic E-state index is -4.72. The van der Waals surface area contributed by atoms with E-state index in [9.17, 15) is 23.8 Å². The molecular formula is C44H82NO10P. The van der Waals surface area contributed by atoms with Crippen LogP contribution in [0, 0.1) is 0 Å². The third-order valence-corrected chi connectivity index (χ3v) is 10.7. The lowest BCUT2D eigenvalue weighted by Gasteiger charge is -2.20. The van der Waals surface area contributed by atoms with E-state index in [0.717, 1.165) is 57.8 Å². The molecule has 0 spiro atoms. The van der Waals surface area contributed by atoms with Gasteiger partial charge in [0.1, 0.15) is 12.6 Å². The van der Waals surface area contributed by atoms with Gasteiger partial charge in [0.15, 0.2) is 6.10 Å². The maximum Gasteiger partial charge on any atom is 0.472 e. The van der Waals surface area contributed by atoms with Crippen molar-refractivity contribution in [2.75, 3.05) is 19.8 Å². The first-order valence-electron chi connectivity index (χ1n) is 22.4. The zero-order valence-electron chi connectivity index (χ0n) is 35.5. The average molecular weight is 816 g/mol. The van der Waals surface area contributed by atoms with Crippen molar-refractivity contribution >= 4 is 25.7 Å². The smallest absolute Gasteiger partial charge is 0.472 e. The van der Waals surface area contributed by atoms with Crippen LogP contribution in [-0.4, -0.2) is 59.9 Å². The molecule has 0 heterocycles. The summed E-state index contributed by atoms with van der Waals surface area (Å²) in [4.78, 5) is 46.0. The predicted octanol–water partition coefficient (Wildman–Crippen LogP) is 11.8. The summed E-state index contributed by atoms with van der Waals surface area (Å²) >= 11 is 0. The Kier molecular flexibility index (Phi) is 38.3. The molecule has 0 aromatic heterocycles. The van der Waals surface area contributed by atoms with Gasteiger partial charge in [0, 0.05) is 12.8 Å². The van der Waals surface area contributed by atoms with Crippen molar-refractivity contribution in [1.29, 1.82) is 0 Å². The Balaban J connectivity index is 4.35. The largest absolute Gasteiger partial charge is 0.480 e. The van der Waals surface area contributed by atoms with E-state index >= 15 is 0 Å². The molecular weight excluding hydrogens is 733 g/mol. The van der Waals surface area contributed by atoms with Crippen molar-refractivity contribution < 1.29 is 47.5 Å². The summed E-state index contributed by atoms with van der Waals surface area (Å²) in [7, 11) is -4.72. The van der Waals surface area contributed by atoms with Gasteiger partial charge in [-0.3, -0.25) is 23.4 Å². The highest BCUT2D eigenvalue weighted by molar-refractivity contribution is 7.47. The van der Waals surface area contributed by atoms with Gasteiger partial charge in [-0.25, -0.2) is 4.57 Å². The van der Waals surface area contributed by atoms with Crippen LogP contribution >= 0.6 is 7.82 Å². The number of aliphatic carboxylic acids is 1. The Bertz CT molecular complexity index is 1050. The molecule has 12 heteroatoms. The lowest BCUT2D eigenvalue weighted by Crippen LogP contribution is -2.34. The van der Waals surface area contributed by atoms with E-state index in [0.29, 0.717) is 12.8 Å². The number of phosphoric acid groups is 1. The van der Waals surface area contributed by atoms with Gasteiger partial charge < -0.3 is 25.2 Å². The first-order valence-corrected chi connectivity index (χ1v) is 23.9. The summed E-state index contributed by atoms with van der Waals surface area (Å²) < 4.78 is 32.7. The molecule has 0 amide bonds. The summed E-state index contributed by atoms with van der Waals surface area (Å²) in [5.41, 5.74) is 5.33. The normalized spacial score (nSPS) is 13.9. The number of phosphoric ester groups is 1. The first-order chi connectivity index (χ1) is 27.1.